The molecule has 0 heterocycles. The van der Waals surface area contributed by atoms with Crippen molar-refractivity contribution in [2.45, 2.75) is 45.4 Å². The van der Waals surface area contributed by atoms with Crippen molar-refractivity contribution in [3.63, 3.8) is 0 Å². The van der Waals surface area contributed by atoms with Crippen LogP contribution in [0, 0.1) is 16.7 Å². The van der Waals surface area contributed by atoms with Crippen molar-refractivity contribution < 1.29 is 9.90 Å². The number of rotatable bonds is 7. The minimum atomic E-state index is -0.933. The lowest BCUT2D eigenvalue weighted by molar-refractivity contribution is -0.132. The molecule has 1 atom stereocenters. The van der Waals surface area contributed by atoms with Crippen LogP contribution in [0.5, 0.6) is 0 Å². The van der Waals surface area contributed by atoms with Crippen molar-refractivity contribution in [2.24, 2.45) is 5.41 Å². The fourth-order valence-corrected chi connectivity index (χ4v) is 3.08. The Morgan fingerprint density at radius 1 is 1.26 bits per heavy atom. The molecule has 0 saturated carbocycles. The summed E-state index contributed by atoms with van der Waals surface area (Å²) in [6.07, 6.45) is 9.12. The van der Waals surface area contributed by atoms with Crippen LogP contribution < -0.4 is 0 Å². The van der Waals surface area contributed by atoms with Crippen LogP contribution in [-0.4, -0.2) is 11.1 Å². The quantitative estimate of drug-likeness (QED) is 0.724. The fraction of sp³-hybridized carbons (Fsp3) is 0.400. The van der Waals surface area contributed by atoms with Gasteiger partial charge >= 0.3 is 5.97 Å². The molecule has 1 aromatic carbocycles. The summed E-state index contributed by atoms with van der Waals surface area (Å²) in [5.41, 5.74) is 1.37. The highest BCUT2D eigenvalue weighted by molar-refractivity contribution is 6.00. The molecule has 1 aliphatic rings. The van der Waals surface area contributed by atoms with E-state index in [1.807, 2.05) is 30.3 Å². The molecular formula is C20H23NO2. The standard InChI is InChI=1S/C20H23NO2/c1-2-3-4-8-12-20(15-21)13-11-17(19(22)23)18(14-20)16-9-6-5-7-10-16/h5-7,9-11,13H,2-4,8,12,14H2,1H3,(H,22,23). The number of allylic oxidation sites excluding steroid dienone is 2. The van der Waals surface area contributed by atoms with Gasteiger partial charge in [-0.25, -0.2) is 4.79 Å². The van der Waals surface area contributed by atoms with Crippen molar-refractivity contribution in [2.75, 3.05) is 0 Å². The Bertz CT molecular complexity index is 652. The van der Waals surface area contributed by atoms with Gasteiger partial charge in [0.2, 0.25) is 0 Å². The Labute approximate surface area is 138 Å². The van der Waals surface area contributed by atoms with Crippen molar-refractivity contribution in [1.29, 1.82) is 5.26 Å². The monoisotopic (exact) mass is 309 g/mol. The molecule has 1 unspecified atom stereocenters. The lowest BCUT2D eigenvalue weighted by Gasteiger charge is -2.29. The maximum absolute atomic E-state index is 11.5. The number of aliphatic carboxylic acids is 1. The van der Waals surface area contributed by atoms with Crippen LogP contribution in [0.25, 0.3) is 5.57 Å². The van der Waals surface area contributed by atoms with Gasteiger partial charge in [-0.2, -0.15) is 5.26 Å². The molecule has 3 heteroatoms. The van der Waals surface area contributed by atoms with Crippen molar-refractivity contribution in [3.05, 3.63) is 53.6 Å². The van der Waals surface area contributed by atoms with Gasteiger partial charge in [0.15, 0.2) is 0 Å². The molecule has 0 bridgehead atoms. The van der Waals surface area contributed by atoms with Crippen LogP contribution in [-0.2, 0) is 4.79 Å². The molecule has 0 aromatic heterocycles. The summed E-state index contributed by atoms with van der Waals surface area (Å²) in [4.78, 5) is 11.5. The highest BCUT2D eigenvalue weighted by atomic mass is 16.4. The number of hydrogen-bond donors (Lipinski definition) is 1. The topological polar surface area (TPSA) is 61.1 Å². The summed E-state index contributed by atoms with van der Waals surface area (Å²) in [5, 5.41) is 19.2. The third-order valence-electron chi connectivity index (χ3n) is 4.44. The smallest absolute Gasteiger partial charge is 0.335 e. The zero-order valence-corrected chi connectivity index (χ0v) is 13.6. The first kappa shape index (κ1) is 17.0. The summed E-state index contributed by atoms with van der Waals surface area (Å²) in [5.74, 6) is -0.933. The lowest BCUT2D eigenvalue weighted by Crippen LogP contribution is -2.21. The first-order chi connectivity index (χ1) is 11.1. The van der Waals surface area contributed by atoms with Gasteiger partial charge in [0.05, 0.1) is 17.1 Å². The van der Waals surface area contributed by atoms with E-state index in [1.165, 1.54) is 6.42 Å². The van der Waals surface area contributed by atoms with E-state index < -0.39 is 11.4 Å². The number of nitrogens with zero attached hydrogens (tertiary/aromatic N) is 1. The molecular weight excluding hydrogens is 286 g/mol. The zero-order valence-electron chi connectivity index (χ0n) is 13.6. The summed E-state index contributed by atoms with van der Waals surface area (Å²) in [7, 11) is 0. The second kappa shape index (κ2) is 7.78. The van der Waals surface area contributed by atoms with Gasteiger partial charge in [0.25, 0.3) is 0 Å². The van der Waals surface area contributed by atoms with Crippen LogP contribution >= 0.6 is 0 Å². The maximum Gasteiger partial charge on any atom is 0.335 e. The molecule has 1 aromatic rings. The Morgan fingerprint density at radius 3 is 2.61 bits per heavy atom. The molecule has 0 fully saturated rings. The summed E-state index contributed by atoms with van der Waals surface area (Å²) >= 11 is 0. The number of hydrogen-bond acceptors (Lipinski definition) is 2. The van der Waals surface area contributed by atoms with E-state index in [0.29, 0.717) is 12.0 Å². The largest absolute Gasteiger partial charge is 0.478 e. The molecule has 0 aliphatic heterocycles. The predicted octanol–water partition coefficient (Wildman–Crippen LogP) is 4.97. The third kappa shape index (κ3) is 4.10. The van der Waals surface area contributed by atoms with Crippen LogP contribution in [0.4, 0.5) is 0 Å². The Morgan fingerprint density at radius 2 is 2.00 bits per heavy atom. The van der Waals surface area contributed by atoms with E-state index in [9.17, 15) is 15.2 Å². The third-order valence-corrected chi connectivity index (χ3v) is 4.44. The summed E-state index contributed by atoms with van der Waals surface area (Å²) in [6.45, 7) is 2.16. The van der Waals surface area contributed by atoms with Crippen molar-refractivity contribution in [3.8, 4) is 6.07 Å². The number of unbranched alkanes of at least 4 members (excludes halogenated alkanes) is 3. The van der Waals surface area contributed by atoms with Gasteiger partial charge in [-0.05, 0) is 30.1 Å². The first-order valence-electron chi connectivity index (χ1n) is 8.24. The Hall–Kier alpha value is -2.34. The number of benzene rings is 1. The molecule has 0 radical (unpaired) electrons. The zero-order chi connectivity index (χ0) is 16.7. The van der Waals surface area contributed by atoms with Gasteiger partial charge in [-0.15, -0.1) is 0 Å². The minimum absolute atomic E-state index is 0.302. The first-order valence-corrected chi connectivity index (χ1v) is 8.24. The highest BCUT2D eigenvalue weighted by Crippen LogP contribution is 2.42. The molecule has 1 N–H and O–H groups in total. The average Bonchev–Trinajstić information content (AvgIpc) is 2.59. The van der Waals surface area contributed by atoms with Crippen LogP contribution in [0.15, 0.2) is 48.1 Å². The number of carbonyl (C=O) groups is 1. The van der Waals surface area contributed by atoms with Gasteiger partial charge in [0, 0.05) is 0 Å². The fourth-order valence-electron chi connectivity index (χ4n) is 3.08. The number of nitriles is 1. The molecule has 0 amide bonds. The second-order valence-electron chi connectivity index (χ2n) is 6.15. The molecule has 2 rings (SSSR count). The van der Waals surface area contributed by atoms with Gasteiger partial charge in [-0.3, -0.25) is 0 Å². The molecule has 120 valence electrons. The van der Waals surface area contributed by atoms with Crippen molar-refractivity contribution >= 4 is 11.5 Å². The SMILES string of the molecule is CCCCCCC1(C#N)C=CC(C(=O)O)=C(c2ccccc2)C1. The Balaban J connectivity index is 2.28. The van der Waals surface area contributed by atoms with Gasteiger partial charge in [0.1, 0.15) is 0 Å². The van der Waals surface area contributed by atoms with Crippen LogP contribution in [0.2, 0.25) is 0 Å². The second-order valence-corrected chi connectivity index (χ2v) is 6.15. The van der Waals surface area contributed by atoms with E-state index >= 15 is 0 Å². The van der Waals surface area contributed by atoms with Crippen molar-refractivity contribution in [1.82, 2.24) is 0 Å². The van der Waals surface area contributed by atoms with E-state index in [4.69, 9.17) is 0 Å². The van der Waals surface area contributed by atoms with E-state index in [0.717, 1.165) is 36.8 Å². The maximum atomic E-state index is 11.5. The normalized spacial score (nSPS) is 20.3. The van der Waals surface area contributed by atoms with Crippen LogP contribution in [0.3, 0.4) is 0 Å². The van der Waals surface area contributed by atoms with E-state index in [-0.39, 0.29) is 0 Å². The molecule has 1 aliphatic carbocycles. The minimum Gasteiger partial charge on any atom is -0.478 e. The number of carboxylic acids is 1. The molecule has 0 saturated heterocycles. The van der Waals surface area contributed by atoms with Gasteiger partial charge in [-0.1, -0.05) is 69.0 Å². The average molecular weight is 309 g/mol. The number of carboxylic acid groups (broad SMARTS) is 1. The Kier molecular flexibility index (Phi) is 5.76. The van der Waals surface area contributed by atoms with E-state index in [1.54, 1.807) is 12.2 Å². The summed E-state index contributed by atoms with van der Waals surface area (Å²) < 4.78 is 0. The summed E-state index contributed by atoms with van der Waals surface area (Å²) in [6, 6.07) is 12.0. The molecule has 23 heavy (non-hydrogen) atoms. The highest BCUT2D eigenvalue weighted by Gasteiger charge is 2.33. The van der Waals surface area contributed by atoms with E-state index in [2.05, 4.69) is 13.0 Å². The van der Waals surface area contributed by atoms with Crippen LogP contribution in [0.1, 0.15) is 51.0 Å². The molecule has 3 nitrogen and oxygen atoms in total. The van der Waals surface area contributed by atoms with Gasteiger partial charge < -0.3 is 5.11 Å². The molecule has 0 spiro atoms. The predicted molar refractivity (Wildman–Crippen MR) is 91.6 cm³/mol. The lowest BCUT2D eigenvalue weighted by atomic mass is 9.72.